The van der Waals surface area contributed by atoms with Crippen molar-refractivity contribution in [3.05, 3.63) is 35.4 Å². The third-order valence-electron chi connectivity index (χ3n) is 5.84. The van der Waals surface area contributed by atoms with Crippen LogP contribution in [0.3, 0.4) is 0 Å². The summed E-state index contributed by atoms with van der Waals surface area (Å²) < 4.78 is 5.01. The number of rotatable bonds is 9. The van der Waals surface area contributed by atoms with Crippen LogP contribution in [-0.4, -0.2) is 73.1 Å². The van der Waals surface area contributed by atoms with Crippen LogP contribution in [0, 0.1) is 11.3 Å². The van der Waals surface area contributed by atoms with E-state index in [1.165, 1.54) is 7.11 Å². The first kappa shape index (κ1) is 22.2. The number of nitrogens with one attached hydrogen (secondary N) is 1. The minimum atomic E-state index is -0.514. The fraction of sp³-hybridized carbons (Fsp3) is 0.591. The minimum absolute atomic E-state index is 0.0249. The van der Waals surface area contributed by atoms with E-state index in [2.05, 4.69) is 16.3 Å². The molecule has 2 amide bonds. The zero-order valence-electron chi connectivity index (χ0n) is 17.5. The van der Waals surface area contributed by atoms with Crippen LogP contribution < -0.4 is 11.1 Å². The van der Waals surface area contributed by atoms with Gasteiger partial charge in [0.05, 0.1) is 11.6 Å². The van der Waals surface area contributed by atoms with Crippen molar-refractivity contribution in [3.63, 3.8) is 0 Å². The number of hydrogen-bond acceptors (Lipinski definition) is 6. The normalized spacial score (nSPS) is 21.3. The van der Waals surface area contributed by atoms with E-state index in [1.807, 2.05) is 24.3 Å². The maximum atomic E-state index is 12.8. The molecule has 1 aliphatic heterocycles. The zero-order valence-corrected chi connectivity index (χ0v) is 17.5. The first-order valence-electron chi connectivity index (χ1n) is 10.6. The molecule has 0 aromatic heterocycles. The maximum absolute atomic E-state index is 12.8. The second-order valence-electron chi connectivity index (χ2n) is 8.01. The van der Waals surface area contributed by atoms with Crippen LogP contribution in [0.2, 0.25) is 0 Å². The molecule has 0 radical (unpaired) electrons. The van der Waals surface area contributed by atoms with Crippen molar-refractivity contribution in [2.45, 2.75) is 50.4 Å². The van der Waals surface area contributed by atoms with Crippen molar-refractivity contribution in [1.82, 2.24) is 15.1 Å². The van der Waals surface area contributed by atoms with E-state index in [0.717, 1.165) is 31.4 Å². The van der Waals surface area contributed by atoms with Crippen LogP contribution in [0.4, 0.5) is 0 Å². The average Bonchev–Trinajstić information content (AvgIpc) is 3.61. The molecule has 1 unspecified atom stereocenters. The predicted molar refractivity (Wildman–Crippen MR) is 112 cm³/mol. The number of likely N-dealkylation sites (tertiary alicyclic amines) is 1. The Labute approximate surface area is 177 Å². The van der Waals surface area contributed by atoms with Gasteiger partial charge in [0.25, 0.3) is 0 Å². The molecular weight excluding hydrogens is 382 g/mol. The molecule has 1 aromatic carbocycles. The SMILES string of the molecule is COCC(=O)N1CCC(N(Cc2ccc(C#N)cc2)C2CC2)C[C@@H]1C(=O)NCCN. The molecular formula is C22H31N5O3. The van der Waals surface area contributed by atoms with Gasteiger partial charge in [-0.3, -0.25) is 14.5 Å². The Morgan fingerprint density at radius 2 is 2.00 bits per heavy atom. The van der Waals surface area contributed by atoms with Gasteiger partial charge < -0.3 is 20.7 Å². The molecule has 0 spiro atoms. The van der Waals surface area contributed by atoms with Crippen molar-refractivity contribution in [2.24, 2.45) is 5.73 Å². The Morgan fingerprint density at radius 3 is 2.60 bits per heavy atom. The fourth-order valence-electron chi connectivity index (χ4n) is 4.17. The Balaban J connectivity index is 1.73. The van der Waals surface area contributed by atoms with Gasteiger partial charge in [-0.1, -0.05) is 12.1 Å². The van der Waals surface area contributed by atoms with Crippen molar-refractivity contribution in [1.29, 1.82) is 5.26 Å². The van der Waals surface area contributed by atoms with Crippen molar-refractivity contribution < 1.29 is 14.3 Å². The molecule has 3 rings (SSSR count). The molecule has 2 aliphatic rings. The standard InChI is InChI=1S/C22H31N5O3/c1-30-15-21(28)26-11-8-19(12-20(26)22(29)25-10-9-23)27(18-6-7-18)14-17-4-2-16(13-24)3-5-17/h2-5,18-20H,6-12,14-15,23H2,1H3,(H,25,29)/t19?,20-/m1/s1. The summed E-state index contributed by atoms with van der Waals surface area (Å²) in [5.74, 6) is -0.308. The molecule has 2 atom stereocenters. The average molecular weight is 414 g/mol. The summed E-state index contributed by atoms with van der Waals surface area (Å²) in [6.07, 6.45) is 3.73. The number of piperidine rings is 1. The molecule has 1 saturated carbocycles. The first-order valence-corrected chi connectivity index (χ1v) is 10.6. The molecule has 1 aliphatic carbocycles. The Kier molecular flexibility index (Phi) is 7.80. The van der Waals surface area contributed by atoms with E-state index in [-0.39, 0.29) is 24.5 Å². The summed E-state index contributed by atoms with van der Waals surface area (Å²) in [6, 6.07) is 10.0. The van der Waals surface area contributed by atoms with Gasteiger partial charge in [-0.2, -0.15) is 5.26 Å². The fourth-order valence-corrected chi connectivity index (χ4v) is 4.17. The second-order valence-corrected chi connectivity index (χ2v) is 8.01. The highest BCUT2D eigenvalue weighted by Crippen LogP contribution is 2.34. The van der Waals surface area contributed by atoms with Gasteiger partial charge in [0.1, 0.15) is 12.6 Å². The van der Waals surface area contributed by atoms with Gasteiger partial charge in [0.15, 0.2) is 0 Å². The topological polar surface area (TPSA) is 112 Å². The molecule has 8 nitrogen and oxygen atoms in total. The number of nitriles is 1. The number of hydrogen-bond donors (Lipinski definition) is 2. The molecule has 162 valence electrons. The van der Waals surface area contributed by atoms with E-state index in [4.69, 9.17) is 15.7 Å². The zero-order chi connectivity index (χ0) is 21.5. The van der Waals surface area contributed by atoms with E-state index in [1.54, 1.807) is 4.90 Å². The lowest BCUT2D eigenvalue weighted by Crippen LogP contribution is -2.58. The molecule has 0 bridgehead atoms. The Bertz CT molecular complexity index is 772. The van der Waals surface area contributed by atoms with Crippen LogP contribution in [0.5, 0.6) is 0 Å². The number of amides is 2. The number of carbonyl (C=O) groups is 2. The van der Waals surface area contributed by atoms with Crippen LogP contribution in [0.25, 0.3) is 0 Å². The lowest BCUT2D eigenvalue weighted by atomic mass is 9.94. The van der Waals surface area contributed by atoms with Crippen molar-refractivity contribution >= 4 is 11.8 Å². The van der Waals surface area contributed by atoms with E-state index >= 15 is 0 Å². The number of ether oxygens (including phenoxy) is 1. The molecule has 3 N–H and O–H groups in total. The molecule has 8 heteroatoms. The van der Waals surface area contributed by atoms with Gasteiger partial charge >= 0.3 is 0 Å². The number of carbonyl (C=O) groups excluding carboxylic acids is 2. The maximum Gasteiger partial charge on any atom is 0.249 e. The predicted octanol–water partition coefficient (Wildman–Crippen LogP) is 0.604. The van der Waals surface area contributed by atoms with E-state index < -0.39 is 6.04 Å². The molecule has 30 heavy (non-hydrogen) atoms. The van der Waals surface area contributed by atoms with Crippen molar-refractivity contribution in [2.75, 3.05) is 33.4 Å². The number of nitrogens with zero attached hydrogens (tertiary/aromatic N) is 3. The van der Waals surface area contributed by atoms with Gasteiger partial charge in [0.2, 0.25) is 11.8 Å². The Morgan fingerprint density at radius 1 is 1.27 bits per heavy atom. The lowest BCUT2D eigenvalue weighted by molar-refractivity contribution is -0.146. The molecule has 2 fully saturated rings. The number of benzene rings is 1. The highest BCUT2D eigenvalue weighted by Gasteiger charge is 2.41. The highest BCUT2D eigenvalue weighted by atomic mass is 16.5. The Hall–Kier alpha value is -2.47. The molecule has 1 heterocycles. The highest BCUT2D eigenvalue weighted by molar-refractivity contribution is 5.88. The second kappa shape index (κ2) is 10.5. The molecule has 1 saturated heterocycles. The van der Waals surface area contributed by atoms with Gasteiger partial charge in [-0.15, -0.1) is 0 Å². The summed E-state index contributed by atoms with van der Waals surface area (Å²) in [5, 5.41) is 11.9. The summed E-state index contributed by atoms with van der Waals surface area (Å²) in [5.41, 5.74) is 7.34. The van der Waals surface area contributed by atoms with Gasteiger partial charge in [-0.25, -0.2) is 0 Å². The number of nitrogens with two attached hydrogens (primary N) is 1. The summed E-state index contributed by atoms with van der Waals surface area (Å²) in [4.78, 5) is 29.5. The van der Waals surface area contributed by atoms with Gasteiger partial charge in [0, 0.05) is 45.4 Å². The van der Waals surface area contributed by atoms with Crippen LogP contribution in [0.1, 0.15) is 36.8 Å². The van der Waals surface area contributed by atoms with E-state index in [0.29, 0.717) is 37.7 Å². The minimum Gasteiger partial charge on any atom is -0.375 e. The summed E-state index contributed by atoms with van der Waals surface area (Å²) in [7, 11) is 1.49. The van der Waals surface area contributed by atoms with Crippen molar-refractivity contribution in [3.8, 4) is 6.07 Å². The third kappa shape index (κ3) is 5.57. The molecule has 1 aromatic rings. The lowest BCUT2D eigenvalue weighted by Gasteiger charge is -2.43. The third-order valence-corrected chi connectivity index (χ3v) is 5.84. The quantitative estimate of drug-likeness (QED) is 0.613. The van der Waals surface area contributed by atoms with Crippen LogP contribution in [0.15, 0.2) is 24.3 Å². The largest absolute Gasteiger partial charge is 0.375 e. The summed E-state index contributed by atoms with van der Waals surface area (Å²) >= 11 is 0. The smallest absolute Gasteiger partial charge is 0.249 e. The first-order chi connectivity index (χ1) is 14.6. The monoisotopic (exact) mass is 413 g/mol. The van der Waals surface area contributed by atoms with Crippen LogP contribution in [-0.2, 0) is 20.9 Å². The van der Waals surface area contributed by atoms with E-state index in [9.17, 15) is 9.59 Å². The van der Waals surface area contributed by atoms with Crippen LogP contribution >= 0.6 is 0 Å². The summed E-state index contributed by atoms with van der Waals surface area (Å²) in [6.45, 7) is 2.04. The number of methoxy groups -OCH3 is 1. The van der Waals surface area contributed by atoms with Gasteiger partial charge in [-0.05, 0) is 43.4 Å².